The Morgan fingerprint density at radius 2 is 2.07 bits per heavy atom. The van der Waals surface area contributed by atoms with Crippen LogP contribution in [0.15, 0.2) is 0 Å². The Bertz CT molecular complexity index is 190. The van der Waals surface area contributed by atoms with Crippen molar-refractivity contribution in [3.63, 3.8) is 0 Å². The molecule has 0 heterocycles. The van der Waals surface area contributed by atoms with Gasteiger partial charge >= 0.3 is 0 Å². The van der Waals surface area contributed by atoms with Crippen molar-refractivity contribution in [2.45, 2.75) is 65.9 Å². The minimum absolute atomic E-state index is 0.520. The van der Waals surface area contributed by atoms with E-state index in [4.69, 9.17) is 4.74 Å². The molecule has 4 unspecified atom stereocenters. The van der Waals surface area contributed by atoms with Gasteiger partial charge in [0.1, 0.15) is 0 Å². The molecule has 0 N–H and O–H groups in total. The molecule has 0 amide bonds. The largest absolute Gasteiger partial charge is 0.381 e. The van der Waals surface area contributed by atoms with Gasteiger partial charge in [-0.3, -0.25) is 0 Å². The standard InChI is InChI=1S/C14H28O/c1-6-11(3)14(4)9-8-13(15-5)10-12(14)7-2/h11-13H,6-10H2,1-5H3. The molecule has 15 heavy (non-hydrogen) atoms. The first kappa shape index (κ1) is 13.0. The molecule has 0 saturated heterocycles. The van der Waals surface area contributed by atoms with Gasteiger partial charge in [-0.15, -0.1) is 0 Å². The van der Waals surface area contributed by atoms with Crippen molar-refractivity contribution in [2.75, 3.05) is 7.11 Å². The van der Waals surface area contributed by atoms with Crippen LogP contribution in [0.25, 0.3) is 0 Å². The molecular weight excluding hydrogens is 184 g/mol. The van der Waals surface area contributed by atoms with Gasteiger partial charge in [0, 0.05) is 7.11 Å². The summed E-state index contributed by atoms with van der Waals surface area (Å²) in [5.74, 6) is 1.70. The molecule has 1 nitrogen and oxygen atoms in total. The summed E-state index contributed by atoms with van der Waals surface area (Å²) in [4.78, 5) is 0. The summed E-state index contributed by atoms with van der Waals surface area (Å²) in [7, 11) is 1.86. The summed E-state index contributed by atoms with van der Waals surface area (Å²) < 4.78 is 5.53. The molecule has 1 aliphatic rings. The smallest absolute Gasteiger partial charge is 0.0574 e. The van der Waals surface area contributed by atoms with Crippen molar-refractivity contribution >= 4 is 0 Å². The fraction of sp³-hybridized carbons (Fsp3) is 1.00. The molecule has 1 saturated carbocycles. The maximum atomic E-state index is 5.53. The maximum absolute atomic E-state index is 5.53. The van der Waals surface area contributed by atoms with Crippen LogP contribution in [-0.4, -0.2) is 13.2 Å². The molecule has 0 radical (unpaired) electrons. The third-order valence-corrected chi connectivity index (χ3v) is 5.05. The van der Waals surface area contributed by atoms with Gasteiger partial charge < -0.3 is 4.74 Å². The van der Waals surface area contributed by atoms with Crippen molar-refractivity contribution < 1.29 is 4.74 Å². The van der Waals surface area contributed by atoms with Gasteiger partial charge in [0.15, 0.2) is 0 Å². The summed E-state index contributed by atoms with van der Waals surface area (Å²) in [6, 6.07) is 0. The average molecular weight is 212 g/mol. The van der Waals surface area contributed by atoms with E-state index in [1.807, 2.05) is 7.11 Å². The molecule has 1 rings (SSSR count). The van der Waals surface area contributed by atoms with Crippen LogP contribution in [0.2, 0.25) is 0 Å². The Morgan fingerprint density at radius 1 is 1.40 bits per heavy atom. The predicted molar refractivity (Wildman–Crippen MR) is 66.0 cm³/mol. The zero-order valence-corrected chi connectivity index (χ0v) is 11.2. The topological polar surface area (TPSA) is 9.23 Å². The average Bonchev–Trinajstić information content (AvgIpc) is 2.28. The first-order valence-electron chi connectivity index (χ1n) is 6.61. The maximum Gasteiger partial charge on any atom is 0.0574 e. The van der Waals surface area contributed by atoms with E-state index in [1.165, 1.54) is 32.1 Å². The molecule has 1 fully saturated rings. The van der Waals surface area contributed by atoms with Gasteiger partial charge in [-0.2, -0.15) is 0 Å². The summed E-state index contributed by atoms with van der Waals surface area (Å²) in [6.07, 6.45) is 7.01. The second kappa shape index (κ2) is 5.34. The van der Waals surface area contributed by atoms with Crippen molar-refractivity contribution in [1.82, 2.24) is 0 Å². The fourth-order valence-corrected chi connectivity index (χ4v) is 3.34. The molecular formula is C14H28O. The summed E-state index contributed by atoms with van der Waals surface area (Å²) in [6.45, 7) is 9.59. The van der Waals surface area contributed by atoms with Crippen molar-refractivity contribution in [1.29, 1.82) is 0 Å². The Balaban J connectivity index is 2.72. The Hall–Kier alpha value is -0.0400. The second-order valence-corrected chi connectivity index (χ2v) is 5.55. The highest BCUT2D eigenvalue weighted by atomic mass is 16.5. The number of hydrogen-bond donors (Lipinski definition) is 0. The van der Waals surface area contributed by atoms with Crippen molar-refractivity contribution in [3.05, 3.63) is 0 Å². The minimum Gasteiger partial charge on any atom is -0.381 e. The summed E-state index contributed by atoms with van der Waals surface area (Å²) >= 11 is 0. The van der Waals surface area contributed by atoms with Crippen LogP contribution < -0.4 is 0 Å². The van der Waals surface area contributed by atoms with Crippen LogP contribution in [-0.2, 0) is 4.74 Å². The van der Waals surface area contributed by atoms with Crippen LogP contribution >= 0.6 is 0 Å². The van der Waals surface area contributed by atoms with E-state index in [0.29, 0.717) is 11.5 Å². The normalized spacial score (nSPS) is 39.0. The van der Waals surface area contributed by atoms with Crippen LogP contribution in [0.1, 0.15) is 59.8 Å². The fourth-order valence-electron chi connectivity index (χ4n) is 3.34. The quantitative estimate of drug-likeness (QED) is 0.676. The molecule has 0 bridgehead atoms. The first-order valence-corrected chi connectivity index (χ1v) is 6.61. The third kappa shape index (κ3) is 2.55. The van der Waals surface area contributed by atoms with Gasteiger partial charge in [-0.1, -0.05) is 40.5 Å². The predicted octanol–water partition coefficient (Wildman–Crippen LogP) is 4.26. The Kier molecular flexibility index (Phi) is 4.64. The second-order valence-electron chi connectivity index (χ2n) is 5.55. The zero-order chi connectivity index (χ0) is 11.5. The van der Waals surface area contributed by atoms with Gasteiger partial charge in [0.05, 0.1) is 6.10 Å². The number of ether oxygens (including phenoxy) is 1. The van der Waals surface area contributed by atoms with E-state index in [1.54, 1.807) is 0 Å². The van der Waals surface area contributed by atoms with E-state index in [9.17, 15) is 0 Å². The van der Waals surface area contributed by atoms with Crippen molar-refractivity contribution in [2.24, 2.45) is 17.3 Å². The van der Waals surface area contributed by atoms with Crippen LogP contribution in [0.4, 0.5) is 0 Å². The lowest BCUT2D eigenvalue weighted by atomic mass is 9.59. The molecule has 0 aromatic rings. The van der Waals surface area contributed by atoms with E-state index >= 15 is 0 Å². The van der Waals surface area contributed by atoms with Gasteiger partial charge in [-0.05, 0) is 36.5 Å². The number of rotatable bonds is 4. The molecule has 0 aromatic heterocycles. The van der Waals surface area contributed by atoms with E-state index in [2.05, 4.69) is 27.7 Å². The van der Waals surface area contributed by atoms with E-state index in [-0.39, 0.29) is 0 Å². The highest BCUT2D eigenvalue weighted by Gasteiger charge is 2.41. The molecule has 0 aromatic carbocycles. The van der Waals surface area contributed by atoms with E-state index in [0.717, 1.165) is 11.8 Å². The number of methoxy groups -OCH3 is 1. The molecule has 1 heteroatoms. The van der Waals surface area contributed by atoms with Gasteiger partial charge in [0.2, 0.25) is 0 Å². The highest BCUT2D eigenvalue weighted by Crippen LogP contribution is 2.49. The third-order valence-electron chi connectivity index (χ3n) is 5.05. The van der Waals surface area contributed by atoms with E-state index < -0.39 is 0 Å². The van der Waals surface area contributed by atoms with Crippen LogP contribution in [0.3, 0.4) is 0 Å². The highest BCUT2D eigenvalue weighted by molar-refractivity contribution is 4.91. The van der Waals surface area contributed by atoms with Gasteiger partial charge in [0.25, 0.3) is 0 Å². The lowest BCUT2D eigenvalue weighted by Gasteiger charge is -2.47. The molecule has 0 spiro atoms. The zero-order valence-electron chi connectivity index (χ0n) is 11.2. The lowest BCUT2D eigenvalue weighted by Crippen LogP contribution is -2.41. The number of hydrogen-bond acceptors (Lipinski definition) is 1. The van der Waals surface area contributed by atoms with Gasteiger partial charge in [-0.25, -0.2) is 0 Å². The minimum atomic E-state index is 0.520. The molecule has 90 valence electrons. The molecule has 4 atom stereocenters. The Labute approximate surface area is 95.6 Å². The summed E-state index contributed by atoms with van der Waals surface area (Å²) in [5.41, 5.74) is 0.554. The summed E-state index contributed by atoms with van der Waals surface area (Å²) in [5, 5.41) is 0. The molecule has 0 aliphatic heterocycles. The SMILES string of the molecule is CCC(C)C1(C)CCC(OC)CC1CC. The van der Waals surface area contributed by atoms with Crippen LogP contribution in [0.5, 0.6) is 0 Å². The monoisotopic (exact) mass is 212 g/mol. The lowest BCUT2D eigenvalue weighted by molar-refractivity contribution is -0.0350. The van der Waals surface area contributed by atoms with Crippen LogP contribution in [0, 0.1) is 17.3 Å². The first-order chi connectivity index (χ1) is 7.08. The Morgan fingerprint density at radius 3 is 2.53 bits per heavy atom. The van der Waals surface area contributed by atoms with Crippen molar-refractivity contribution in [3.8, 4) is 0 Å². The molecule has 1 aliphatic carbocycles.